The van der Waals surface area contributed by atoms with Crippen molar-refractivity contribution < 1.29 is 9.47 Å². The fourth-order valence-electron chi connectivity index (χ4n) is 3.36. The van der Waals surface area contributed by atoms with E-state index in [0.29, 0.717) is 13.2 Å². The molecule has 2 aliphatic rings. The highest BCUT2D eigenvalue weighted by Gasteiger charge is 2.43. The summed E-state index contributed by atoms with van der Waals surface area (Å²) in [6.07, 6.45) is 3.05. The number of ether oxygens (including phenoxy) is 2. The van der Waals surface area contributed by atoms with Gasteiger partial charge in [-0.05, 0) is 47.4 Å². The van der Waals surface area contributed by atoms with Crippen LogP contribution in [0.4, 0.5) is 0 Å². The molecular formula is C15H23BrN2O2S. The van der Waals surface area contributed by atoms with Crippen LogP contribution in [-0.4, -0.2) is 43.0 Å². The zero-order valence-corrected chi connectivity index (χ0v) is 14.8. The second kappa shape index (κ2) is 6.64. The van der Waals surface area contributed by atoms with E-state index in [-0.39, 0.29) is 12.1 Å². The van der Waals surface area contributed by atoms with Crippen LogP contribution in [-0.2, 0) is 9.47 Å². The van der Waals surface area contributed by atoms with E-state index in [1.54, 1.807) is 11.3 Å². The third-order valence-electron chi connectivity index (χ3n) is 4.42. The average Bonchev–Trinajstić information content (AvgIpc) is 3.09. The summed E-state index contributed by atoms with van der Waals surface area (Å²) in [5.41, 5.74) is 6.44. The predicted molar refractivity (Wildman–Crippen MR) is 88.5 cm³/mol. The summed E-state index contributed by atoms with van der Waals surface area (Å²) >= 11 is 5.34. The van der Waals surface area contributed by atoms with E-state index in [2.05, 4.69) is 39.9 Å². The highest BCUT2D eigenvalue weighted by Crippen LogP contribution is 2.38. The van der Waals surface area contributed by atoms with Gasteiger partial charge in [-0.2, -0.15) is 0 Å². The maximum absolute atomic E-state index is 6.44. The van der Waals surface area contributed by atoms with Crippen LogP contribution in [0.3, 0.4) is 0 Å². The molecule has 118 valence electrons. The van der Waals surface area contributed by atoms with Crippen molar-refractivity contribution in [3.05, 3.63) is 20.8 Å². The molecule has 0 saturated carbocycles. The molecule has 2 aliphatic heterocycles. The zero-order valence-electron chi connectivity index (χ0n) is 12.4. The van der Waals surface area contributed by atoms with Crippen LogP contribution in [0.15, 0.2) is 15.9 Å². The predicted octanol–water partition coefficient (Wildman–Crippen LogP) is 3.13. The molecule has 3 rings (SSSR count). The molecule has 2 N–H and O–H groups in total. The largest absolute Gasteiger partial charge is 0.346 e. The number of nitrogens with zero attached hydrogens (tertiary/aromatic N) is 1. The minimum absolute atomic E-state index is 0.132. The molecule has 0 aliphatic carbocycles. The number of likely N-dealkylation sites (tertiary alicyclic amines) is 1. The molecule has 6 heteroatoms. The van der Waals surface area contributed by atoms with Crippen LogP contribution < -0.4 is 5.73 Å². The van der Waals surface area contributed by atoms with Crippen molar-refractivity contribution in [2.75, 3.05) is 26.3 Å². The number of thiophene rings is 1. The van der Waals surface area contributed by atoms with E-state index in [4.69, 9.17) is 15.2 Å². The van der Waals surface area contributed by atoms with Gasteiger partial charge in [0.2, 0.25) is 0 Å². The summed E-state index contributed by atoms with van der Waals surface area (Å²) in [4.78, 5) is 3.78. The normalized spacial score (nSPS) is 25.3. The summed E-state index contributed by atoms with van der Waals surface area (Å²) in [6, 6.07) is 4.67. The maximum atomic E-state index is 6.44. The topological polar surface area (TPSA) is 47.7 Å². The first-order valence-corrected chi connectivity index (χ1v) is 9.27. The SMILES string of the molecule is CCC(N)C(c1ccc(Br)s1)N1CCCC2(C1)OCCO2. The Morgan fingerprint density at radius 2 is 2.19 bits per heavy atom. The molecule has 2 atom stereocenters. The lowest BCUT2D eigenvalue weighted by Gasteiger charge is -2.43. The quantitative estimate of drug-likeness (QED) is 0.879. The highest BCUT2D eigenvalue weighted by atomic mass is 79.9. The Hall–Kier alpha value is 0.0200. The van der Waals surface area contributed by atoms with E-state index in [1.165, 1.54) is 4.88 Å². The Bertz CT molecular complexity index is 476. The van der Waals surface area contributed by atoms with E-state index in [1.807, 2.05) is 0 Å². The minimum Gasteiger partial charge on any atom is -0.346 e. The third-order valence-corrected chi connectivity index (χ3v) is 6.11. The van der Waals surface area contributed by atoms with Crippen molar-refractivity contribution >= 4 is 27.3 Å². The minimum atomic E-state index is -0.390. The fraction of sp³-hybridized carbons (Fsp3) is 0.733. The summed E-state index contributed by atoms with van der Waals surface area (Å²) in [5, 5.41) is 0. The first-order valence-electron chi connectivity index (χ1n) is 7.66. The van der Waals surface area contributed by atoms with Gasteiger partial charge in [0.05, 0.1) is 29.6 Å². The van der Waals surface area contributed by atoms with E-state index >= 15 is 0 Å². The number of nitrogens with two attached hydrogens (primary N) is 1. The van der Waals surface area contributed by atoms with Gasteiger partial charge in [0.25, 0.3) is 0 Å². The van der Waals surface area contributed by atoms with Crippen LogP contribution in [0, 0.1) is 0 Å². The van der Waals surface area contributed by atoms with Gasteiger partial charge in [-0.15, -0.1) is 11.3 Å². The molecule has 2 unspecified atom stereocenters. The van der Waals surface area contributed by atoms with Gasteiger partial charge in [0, 0.05) is 17.3 Å². The summed E-state index contributed by atoms with van der Waals surface area (Å²) in [7, 11) is 0. The lowest BCUT2D eigenvalue weighted by atomic mass is 9.97. The molecule has 3 heterocycles. The van der Waals surface area contributed by atoms with Crippen LogP contribution in [0.1, 0.15) is 37.1 Å². The zero-order chi connectivity index (χ0) is 14.9. The molecular weight excluding hydrogens is 352 g/mol. The molecule has 0 bridgehead atoms. The Morgan fingerprint density at radius 1 is 1.43 bits per heavy atom. The van der Waals surface area contributed by atoms with E-state index in [0.717, 1.165) is 36.1 Å². The smallest absolute Gasteiger partial charge is 0.181 e. The number of halogens is 1. The van der Waals surface area contributed by atoms with Gasteiger partial charge in [0.15, 0.2) is 5.79 Å². The van der Waals surface area contributed by atoms with Crippen molar-refractivity contribution in [3.63, 3.8) is 0 Å². The second-order valence-corrected chi connectivity index (χ2v) is 8.34. The van der Waals surface area contributed by atoms with Gasteiger partial charge >= 0.3 is 0 Å². The molecule has 0 radical (unpaired) electrons. The Kier molecular flexibility index (Phi) is 5.03. The summed E-state index contributed by atoms with van der Waals surface area (Å²) in [6.45, 7) is 5.46. The third kappa shape index (κ3) is 3.35. The lowest BCUT2D eigenvalue weighted by Crippen LogP contribution is -2.53. The summed E-state index contributed by atoms with van der Waals surface area (Å²) in [5.74, 6) is -0.390. The molecule has 21 heavy (non-hydrogen) atoms. The van der Waals surface area contributed by atoms with Crippen molar-refractivity contribution in [2.24, 2.45) is 5.73 Å². The van der Waals surface area contributed by atoms with Crippen LogP contribution in [0.25, 0.3) is 0 Å². The Labute approximate surface area is 138 Å². The van der Waals surface area contributed by atoms with E-state index in [9.17, 15) is 0 Å². The van der Waals surface area contributed by atoms with Gasteiger partial charge in [-0.1, -0.05) is 6.92 Å². The van der Waals surface area contributed by atoms with Crippen LogP contribution >= 0.6 is 27.3 Å². The monoisotopic (exact) mass is 374 g/mol. The first kappa shape index (κ1) is 15.9. The molecule has 0 aromatic carbocycles. The molecule has 0 amide bonds. The van der Waals surface area contributed by atoms with Crippen molar-refractivity contribution in [1.29, 1.82) is 0 Å². The average molecular weight is 375 g/mol. The fourth-order valence-corrected chi connectivity index (χ4v) is 5.00. The Morgan fingerprint density at radius 3 is 2.81 bits per heavy atom. The Balaban J connectivity index is 1.82. The van der Waals surface area contributed by atoms with Crippen LogP contribution in [0.5, 0.6) is 0 Å². The van der Waals surface area contributed by atoms with Crippen molar-refractivity contribution in [1.82, 2.24) is 4.90 Å². The molecule has 1 aromatic heterocycles. The molecule has 2 saturated heterocycles. The number of hydrogen-bond donors (Lipinski definition) is 1. The van der Waals surface area contributed by atoms with Gasteiger partial charge in [-0.3, -0.25) is 4.90 Å². The lowest BCUT2D eigenvalue weighted by molar-refractivity contribution is -0.195. The molecule has 2 fully saturated rings. The first-order chi connectivity index (χ1) is 10.1. The van der Waals surface area contributed by atoms with Crippen molar-refractivity contribution in [2.45, 2.75) is 44.1 Å². The molecule has 4 nitrogen and oxygen atoms in total. The summed E-state index contributed by atoms with van der Waals surface area (Å²) < 4.78 is 13.0. The van der Waals surface area contributed by atoms with Gasteiger partial charge in [-0.25, -0.2) is 0 Å². The molecule has 1 aromatic rings. The van der Waals surface area contributed by atoms with E-state index < -0.39 is 5.79 Å². The maximum Gasteiger partial charge on any atom is 0.181 e. The van der Waals surface area contributed by atoms with Gasteiger partial charge in [0.1, 0.15) is 0 Å². The van der Waals surface area contributed by atoms with Crippen LogP contribution in [0.2, 0.25) is 0 Å². The second-order valence-electron chi connectivity index (χ2n) is 5.84. The standard InChI is InChI=1S/C15H23BrN2O2S/c1-2-11(17)14(12-4-5-13(16)21-12)18-7-3-6-15(10-18)19-8-9-20-15/h4-5,11,14H,2-3,6-10,17H2,1H3. The molecule has 1 spiro atoms. The number of piperidine rings is 1. The number of hydrogen-bond acceptors (Lipinski definition) is 5. The van der Waals surface area contributed by atoms with Crippen molar-refractivity contribution in [3.8, 4) is 0 Å². The van der Waals surface area contributed by atoms with Gasteiger partial charge < -0.3 is 15.2 Å². The number of rotatable bonds is 4. The highest BCUT2D eigenvalue weighted by molar-refractivity contribution is 9.11.